The molecule has 3 nitrogen and oxygen atoms in total. The predicted octanol–water partition coefficient (Wildman–Crippen LogP) is 2.04. The van der Waals surface area contributed by atoms with Crippen LogP contribution >= 0.6 is 11.8 Å². The Kier molecular flexibility index (Phi) is 19.9. The molecule has 0 aromatic heterocycles. The van der Waals surface area contributed by atoms with Gasteiger partial charge in [0.05, 0.1) is 0 Å². The van der Waals surface area contributed by atoms with Gasteiger partial charge >= 0.3 is 101 Å². The van der Waals surface area contributed by atoms with Crippen molar-refractivity contribution >= 4 is 36.5 Å². The van der Waals surface area contributed by atoms with E-state index in [0.29, 0.717) is 0 Å². The van der Waals surface area contributed by atoms with Crippen LogP contribution < -0.4 is 19.5 Å². The number of rotatable bonds is 7. The molecule has 1 aromatic rings. The summed E-state index contributed by atoms with van der Waals surface area (Å²) in [5.41, 5.74) is 7.31. The van der Waals surface area contributed by atoms with Crippen LogP contribution in [0.1, 0.15) is 66.0 Å². The molecule has 0 aliphatic rings. The molecule has 5 heteroatoms. The van der Waals surface area contributed by atoms with E-state index in [1.165, 1.54) is 15.1 Å². The molecule has 0 spiro atoms. The van der Waals surface area contributed by atoms with Crippen LogP contribution in [0.2, 0.25) is 0 Å². The van der Waals surface area contributed by atoms with Crippen LogP contribution in [0, 0.1) is 0 Å². The Balaban J connectivity index is 0. The zero-order chi connectivity index (χ0) is 19.0. The summed E-state index contributed by atoms with van der Waals surface area (Å²) in [4.78, 5) is 0. The van der Waals surface area contributed by atoms with Crippen molar-refractivity contribution in [3.63, 3.8) is 0 Å². The SMILES string of the molecule is CCC(C)[O-].CCC(C)[O-].CCS[CH2][Sn+2][c]1ccccc1C(C)N. The van der Waals surface area contributed by atoms with E-state index in [1.807, 2.05) is 13.8 Å². The summed E-state index contributed by atoms with van der Waals surface area (Å²) in [7, 11) is 0. The van der Waals surface area contributed by atoms with Crippen molar-refractivity contribution in [2.24, 2.45) is 5.73 Å². The van der Waals surface area contributed by atoms with E-state index in [4.69, 9.17) is 5.73 Å². The second kappa shape index (κ2) is 18.1. The van der Waals surface area contributed by atoms with Crippen molar-refractivity contribution < 1.29 is 10.2 Å². The fraction of sp³-hybridized carbons (Fsp3) is 0.684. The molecule has 24 heavy (non-hydrogen) atoms. The minimum atomic E-state index is -0.390. The zero-order valence-corrected chi connectivity index (χ0v) is 19.8. The summed E-state index contributed by atoms with van der Waals surface area (Å²) in [5, 5.41) is 19.8. The van der Waals surface area contributed by atoms with Gasteiger partial charge in [0.15, 0.2) is 0 Å². The maximum absolute atomic E-state index is 9.90. The predicted molar refractivity (Wildman–Crippen MR) is 107 cm³/mol. The van der Waals surface area contributed by atoms with Crippen LogP contribution in [-0.2, 0) is 0 Å². The average Bonchev–Trinajstić information content (AvgIpc) is 2.56. The third-order valence-electron chi connectivity index (χ3n) is 3.17. The van der Waals surface area contributed by atoms with E-state index < -0.39 is 21.1 Å². The van der Waals surface area contributed by atoms with Crippen molar-refractivity contribution in [1.29, 1.82) is 0 Å². The third-order valence-corrected chi connectivity index (χ3v) is 9.30. The van der Waals surface area contributed by atoms with E-state index in [9.17, 15) is 10.2 Å². The first-order valence-corrected chi connectivity index (χ1v) is 13.4. The molecule has 1 rings (SSSR count). The van der Waals surface area contributed by atoms with Gasteiger partial charge in [-0.1, -0.05) is 40.5 Å². The Morgan fingerprint density at radius 3 is 1.83 bits per heavy atom. The molecule has 0 bridgehead atoms. The Morgan fingerprint density at radius 1 is 1.00 bits per heavy atom. The van der Waals surface area contributed by atoms with Gasteiger partial charge in [-0.15, -0.1) is 12.2 Å². The molecule has 0 fully saturated rings. The summed E-state index contributed by atoms with van der Waals surface area (Å²) in [6, 6.07) is 8.87. The van der Waals surface area contributed by atoms with E-state index in [0.717, 1.165) is 12.8 Å². The van der Waals surface area contributed by atoms with Crippen molar-refractivity contribution in [3.8, 4) is 0 Å². The molecule has 0 radical (unpaired) electrons. The molecule has 138 valence electrons. The molecule has 0 saturated carbocycles. The molecular formula is C19H35NO2SSn. The number of hydrogen-bond acceptors (Lipinski definition) is 4. The summed E-state index contributed by atoms with van der Waals surface area (Å²) in [6.07, 6.45) is 0.769. The van der Waals surface area contributed by atoms with Gasteiger partial charge < -0.3 is 10.2 Å². The second-order valence-corrected chi connectivity index (χ2v) is 11.9. The zero-order valence-electron chi connectivity index (χ0n) is 16.2. The maximum atomic E-state index is 9.90. The molecular weight excluding hydrogens is 425 g/mol. The van der Waals surface area contributed by atoms with Crippen molar-refractivity contribution in [2.45, 2.75) is 72.6 Å². The van der Waals surface area contributed by atoms with Crippen molar-refractivity contribution in [3.05, 3.63) is 29.8 Å². The van der Waals surface area contributed by atoms with Gasteiger partial charge in [0.2, 0.25) is 0 Å². The first kappa shape index (κ1) is 26.5. The van der Waals surface area contributed by atoms with E-state index >= 15 is 0 Å². The monoisotopic (exact) mass is 461 g/mol. The molecule has 0 saturated heterocycles. The molecule has 0 aliphatic carbocycles. The van der Waals surface area contributed by atoms with Crippen LogP contribution in [0.15, 0.2) is 24.3 Å². The Morgan fingerprint density at radius 2 is 1.46 bits per heavy atom. The molecule has 0 aliphatic heterocycles. The number of nitrogens with two attached hydrogens (primary N) is 1. The van der Waals surface area contributed by atoms with Crippen LogP contribution in [0.5, 0.6) is 0 Å². The number of thioether (sulfide) groups is 1. The van der Waals surface area contributed by atoms with E-state index in [-0.39, 0.29) is 18.2 Å². The second-order valence-electron chi connectivity index (χ2n) is 5.63. The van der Waals surface area contributed by atoms with Gasteiger partial charge in [-0.2, -0.15) is 0 Å². The molecule has 3 atom stereocenters. The van der Waals surface area contributed by atoms with Crippen LogP contribution in [0.25, 0.3) is 0 Å². The molecule has 0 amide bonds. The normalized spacial score (nSPS) is 13.4. The number of hydrogen-bond donors (Lipinski definition) is 1. The Labute approximate surface area is 164 Å². The summed E-state index contributed by atoms with van der Waals surface area (Å²) >= 11 is 1.67. The molecule has 1 aromatic carbocycles. The minimum absolute atomic E-state index is 0.193. The summed E-state index contributed by atoms with van der Waals surface area (Å²) in [5.74, 6) is 1.24. The van der Waals surface area contributed by atoms with E-state index in [2.05, 4.69) is 49.9 Å². The van der Waals surface area contributed by atoms with Gasteiger partial charge in [0.25, 0.3) is 0 Å². The Bertz CT molecular complexity index is 379. The average molecular weight is 460 g/mol. The van der Waals surface area contributed by atoms with E-state index in [1.54, 1.807) is 17.4 Å². The first-order chi connectivity index (χ1) is 11.3. The molecule has 3 unspecified atom stereocenters. The van der Waals surface area contributed by atoms with Crippen LogP contribution in [0.3, 0.4) is 0 Å². The van der Waals surface area contributed by atoms with Crippen LogP contribution in [-0.4, -0.2) is 42.9 Å². The molecule has 2 N–H and O–H groups in total. The van der Waals surface area contributed by atoms with Gasteiger partial charge in [-0.05, 0) is 0 Å². The fourth-order valence-corrected chi connectivity index (χ4v) is 7.78. The van der Waals surface area contributed by atoms with Crippen molar-refractivity contribution in [1.82, 2.24) is 0 Å². The fourth-order valence-electron chi connectivity index (χ4n) is 1.29. The van der Waals surface area contributed by atoms with Gasteiger partial charge in [0, 0.05) is 0 Å². The Hall–Kier alpha value is 0.249. The summed E-state index contributed by atoms with van der Waals surface area (Å²) < 4.78 is 2.94. The first-order valence-electron chi connectivity index (χ1n) is 8.77. The standard InChI is InChI=1S/C8H10N.2C4H9O.C3H7S.Sn/c1-7(9)8-5-3-2-4-6-8;2*1-3-4(2)5;1-3-4-2;/h2-5,7H,9H2,1H3;2*4H,3H2,1-2H3;2-3H2,1H3;/q;2*-1;;+2. The van der Waals surface area contributed by atoms with Gasteiger partial charge in [-0.3, -0.25) is 0 Å². The third kappa shape index (κ3) is 17.1. The van der Waals surface area contributed by atoms with Crippen molar-refractivity contribution in [2.75, 3.05) is 9.52 Å². The quantitative estimate of drug-likeness (QED) is 0.500. The van der Waals surface area contributed by atoms with Crippen LogP contribution in [0.4, 0.5) is 0 Å². The van der Waals surface area contributed by atoms with Gasteiger partial charge in [0.1, 0.15) is 0 Å². The topological polar surface area (TPSA) is 72.1 Å². The number of benzene rings is 1. The van der Waals surface area contributed by atoms with Gasteiger partial charge in [-0.25, -0.2) is 0 Å². The summed E-state index contributed by atoms with van der Waals surface area (Å²) in [6.45, 7) is 11.4. The molecule has 0 heterocycles.